The van der Waals surface area contributed by atoms with Gasteiger partial charge in [0.05, 0.1) is 6.61 Å². The van der Waals surface area contributed by atoms with E-state index in [1.165, 1.54) is 6.92 Å². The SMILES string of the molecule is CCOC(=O)C(CS)NN1C(F)=C(F)C=C(F)C1F. The lowest BCUT2D eigenvalue weighted by Crippen LogP contribution is -2.53. The van der Waals surface area contributed by atoms with Crippen molar-refractivity contribution in [3.05, 3.63) is 23.7 Å². The van der Waals surface area contributed by atoms with Gasteiger partial charge >= 0.3 is 5.97 Å². The van der Waals surface area contributed by atoms with Gasteiger partial charge < -0.3 is 4.74 Å². The summed E-state index contributed by atoms with van der Waals surface area (Å²) in [6.07, 6.45) is -2.48. The maximum Gasteiger partial charge on any atom is 0.325 e. The van der Waals surface area contributed by atoms with Crippen molar-refractivity contribution in [1.82, 2.24) is 10.4 Å². The Bertz CT molecular complexity index is 416. The van der Waals surface area contributed by atoms with E-state index in [0.717, 1.165) is 0 Å². The largest absolute Gasteiger partial charge is 0.465 e. The molecule has 0 bridgehead atoms. The molecule has 9 heteroatoms. The number of carbonyl (C=O) groups excluding carboxylic acids is 1. The van der Waals surface area contributed by atoms with Gasteiger partial charge in [-0.05, 0) is 6.92 Å². The maximum atomic E-state index is 13.4. The molecule has 0 aromatic carbocycles. The molecule has 0 spiro atoms. The summed E-state index contributed by atoms with van der Waals surface area (Å²) in [7, 11) is 0. The molecule has 0 saturated carbocycles. The predicted molar refractivity (Wildman–Crippen MR) is 62.6 cm³/mol. The fraction of sp³-hybridized carbons (Fsp3) is 0.500. The van der Waals surface area contributed by atoms with Crippen LogP contribution in [-0.4, -0.2) is 35.7 Å². The molecular formula is C10H12F4N2O2S. The number of ether oxygens (including phenoxy) is 1. The van der Waals surface area contributed by atoms with Crippen LogP contribution in [0.2, 0.25) is 0 Å². The fourth-order valence-electron chi connectivity index (χ4n) is 1.29. The molecule has 108 valence electrons. The molecule has 1 N–H and O–H groups in total. The second-order valence-corrected chi connectivity index (χ2v) is 3.86. The van der Waals surface area contributed by atoms with E-state index in [9.17, 15) is 22.4 Å². The Morgan fingerprint density at radius 1 is 1.58 bits per heavy atom. The minimum Gasteiger partial charge on any atom is -0.465 e. The predicted octanol–water partition coefficient (Wildman–Crippen LogP) is 1.93. The summed E-state index contributed by atoms with van der Waals surface area (Å²) in [6, 6.07) is -1.24. The van der Waals surface area contributed by atoms with E-state index in [2.05, 4.69) is 17.4 Å². The highest BCUT2D eigenvalue weighted by molar-refractivity contribution is 7.80. The number of carbonyl (C=O) groups is 1. The topological polar surface area (TPSA) is 41.6 Å². The third-order valence-electron chi connectivity index (χ3n) is 2.18. The first-order chi connectivity index (χ1) is 8.92. The molecule has 0 fully saturated rings. The smallest absolute Gasteiger partial charge is 0.325 e. The van der Waals surface area contributed by atoms with Crippen LogP contribution in [0.3, 0.4) is 0 Å². The summed E-state index contributed by atoms with van der Waals surface area (Å²) in [5, 5.41) is -0.0531. The average Bonchev–Trinajstić information content (AvgIpc) is 2.37. The van der Waals surface area contributed by atoms with Gasteiger partial charge in [0.25, 0.3) is 0 Å². The van der Waals surface area contributed by atoms with Crippen LogP contribution >= 0.6 is 12.6 Å². The maximum absolute atomic E-state index is 13.4. The van der Waals surface area contributed by atoms with Crippen molar-refractivity contribution < 1.29 is 27.1 Å². The zero-order chi connectivity index (χ0) is 14.6. The number of alkyl halides is 1. The summed E-state index contributed by atoms with van der Waals surface area (Å²) in [4.78, 5) is 11.4. The number of rotatable bonds is 5. The summed E-state index contributed by atoms with van der Waals surface area (Å²) in [5.41, 5.74) is 2.00. The Labute approximate surface area is 112 Å². The molecule has 1 heterocycles. The van der Waals surface area contributed by atoms with Gasteiger partial charge in [0.1, 0.15) is 6.04 Å². The van der Waals surface area contributed by atoms with Gasteiger partial charge in [-0.25, -0.2) is 23.6 Å². The Hall–Kier alpha value is -1.22. The highest BCUT2D eigenvalue weighted by Crippen LogP contribution is 2.28. The van der Waals surface area contributed by atoms with Crippen molar-refractivity contribution in [3.63, 3.8) is 0 Å². The molecule has 1 rings (SSSR count). The van der Waals surface area contributed by atoms with E-state index in [1.54, 1.807) is 0 Å². The van der Waals surface area contributed by atoms with Crippen LogP contribution in [0, 0.1) is 0 Å². The van der Waals surface area contributed by atoms with E-state index in [4.69, 9.17) is 0 Å². The van der Waals surface area contributed by atoms with E-state index in [0.29, 0.717) is 0 Å². The van der Waals surface area contributed by atoms with Gasteiger partial charge in [0, 0.05) is 11.8 Å². The van der Waals surface area contributed by atoms with E-state index >= 15 is 0 Å². The number of nitrogens with one attached hydrogen (secondary N) is 1. The van der Waals surface area contributed by atoms with Crippen LogP contribution in [-0.2, 0) is 9.53 Å². The quantitative estimate of drug-likeness (QED) is 0.352. The molecule has 4 nitrogen and oxygen atoms in total. The summed E-state index contributed by atoms with van der Waals surface area (Å²) in [6.45, 7) is 1.58. The molecule has 0 aromatic rings. The van der Waals surface area contributed by atoms with Crippen molar-refractivity contribution in [1.29, 1.82) is 0 Å². The van der Waals surface area contributed by atoms with Crippen LogP contribution in [0.4, 0.5) is 17.6 Å². The van der Waals surface area contributed by atoms with Crippen molar-refractivity contribution in [2.45, 2.75) is 19.3 Å². The molecule has 1 aliphatic rings. The minimum atomic E-state index is -2.57. The first kappa shape index (κ1) is 15.8. The molecule has 2 unspecified atom stereocenters. The van der Waals surface area contributed by atoms with Crippen LogP contribution < -0.4 is 5.43 Å². The first-order valence-corrected chi connectivity index (χ1v) is 5.94. The summed E-state index contributed by atoms with van der Waals surface area (Å²) >= 11 is 3.80. The van der Waals surface area contributed by atoms with E-state index in [-0.39, 0.29) is 23.4 Å². The summed E-state index contributed by atoms with van der Waals surface area (Å²) in [5.74, 6) is -5.78. The molecule has 0 aromatic heterocycles. The van der Waals surface area contributed by atoms with Crippen LogP contribution in [0.5, 0.6) is 0 Å². The number of hydrazine groups is 1. The minimum absolute atomic E-state index is 0.0464. The lowest BCUT2D eigenvalue weighted by atomic mass is 10.3. The van der Waals surface area contributed by atoms with Crippen LogP contribution in [0.25, 0.3) is 0 Å². The van der Waals surface area contributed by atoms with Gasteiger partial charge in [-0.1, -0.05) is 0 Å². The highest BCUT2D eigenvalue weighted by Gasteiger charge is 2.35. The van der Waals surface area contributed by atoms with Crippen molar-refractivity contribution >= 4 is 18.6 Å². The zero-order valence-corrected chi connectivity index (χ0v) is 10.8. The normalized spacial score (nSPS) is 21.3. The zero-order valence-electron chi connectivity index (χ0n) is 9.87. The molecule has 1 aliphatic heterocycles. The lowest BCUT2D eigenvalue weighted by molar-refractivity contribution is -0.147. The number of halogens is 4. The fourth-order valence-corrected chi connectivity index (χ4v) is 1.52. The third kappa shape index (κ3) is 3.63. The van der Waals surface area contributed by atoms with Crippen molar-refractivity contribution in [2.24, 2.45) is 0 Å². The average molecular weight is 300 g/mol. The van der Waals surface area contributed by atoms with Crippen LogP contribution in [0.1, 0.15) is 6.92 Å². The molecule has 0 saturated heterocycles. The number of hydrogen-bond donors (Lipinski definition) is 2. The second-order valence-electron chi connectivity index (χ2n) is 3.49. The standard InChI is InChI=1S/C10H12F4N2O2S/c1-2-18-10(17)7(4-19)15-16-8(13)5(11)3-6(12)9(16)14/h3,7-8,15,19H,2,4H2,1H3. The Morgan fingerprint density at radius 2 is 2.21 bits per heavy atom. The molecule has 0 amide bonds. The number of hydrogen-bond acceptors (Lipinski definition) is 5. The first-order valence-electron chi connectivity index (χ1n) is 5.31. The van der Waals surface area contributed by atoms with Crippen molar-refractivity contribution in [3.8, 4) is 0 Å². The second kappa shape index (κ2) is 6.80. The molecule has 0 radical (unpaired) electrons. The Morgan fingerprint density at radius 3 is 2.74 bits per heavy atom. The third-order valence-corrected chi connectivity index (χ3v) is 2.54. The van der Waals surface area contributed by atoms with Gasteiger partial charge in [0.15, 0.2) is 11.7 Å². The number of esters is 1. The monoisotopic (exact) mass is 300 g/mol. The van der Waals surface area contributed by atoms with Crippen LogP contribution in [0.15, 0.2) is 23.7 Å². The Balaban J connectivity index is 2.85. The van der Waals surface area contributed by atoms with E-state index in [1.807, 2.05) is 5.43 Å². The van der Waals surface area contributed by atoms with Gasteiger partial charge in [-0.3, -0.25) is 4.79 Å². The Kier molecular flexibility index (Phi) is 5.67. The highest BCUT2D eigenvalue weighted by atomic mass is 32.1. The van der Waals surface area contributed by atoms with Gasteiger partial charge in [-0.2, -0.15) is 17.0 Å². The number of nitrogens with zero attached hydrogens (tertiary/aromatic N) is 1. The summed E-state index contributed by atoms with van der Waals surface area (Å²) < 4.78 is 57.3. The molecule has 2 atom stereocenters. The van der Waals surface area contributed by atoms with E-state index < -0.39 is 35.9 Å². The molecular weight excluding hydrogens is 288 g/mol. The number of allylic oxidation sites excluding steroid dienone is 2. The number of thiol groups is 1. The molecule has 0 aliphatic carbocycles. The van der Waals surface area contributed by atoms with Gasteiger partial charge in [0.2, 0.25) is 12.2 Å². The van der Waals surface area contributed by atoms with Gasteiger partial charge in [-0.15, -0.1) is 0 Å². The lowest BCUT2D eigenvalue weighted by Gasteiger charge is -2.31. The molecule has 19 heavy (non-hydrogen) atoms. The van der Waals surface area contributed by atoms with Crippen molar-refractivity contribution in [2.75, 3.05) is 12.4 Å².